The Balaban J connectivity index is 2.51. The number of methoxy groups -OCH3 is 1. The summed E-state index contributed by atoms with van der Waals surface area (Å²) < 4.78 is 30.5. The van der Waals surface area contributed by atoms with Gasteiger partial charge in [0.1, 0.15) is 17.4 Å². The van der Waals surface area contributed by atoms with Crippen molar-refractivity contribution in [2.24, 2.45) is 0 Å². The molecular weight excluding hydrogens is 254 g/mol. The highest BCUT2D eigenvalue weighted by atomic mass is 32.2. The lowest BCUT2D eigenvalue weighted by molar-refractivity contribution is 0.414. The van der Waals surface area contributed by atoms with E-state index in [9.17, 15) is 8.42 Å². The standard InChI is InChI=1S/C11H13N3O3S/c1-8-12-9(2)14(13-8)18(15,16)11-6-4-10(17-3)5-7-11/h4-7H,1-3H3. The molecule has 0 bridgehead atoms. The zero-order chi connectivity index (χ0) is 13.3. The molecule has 6 nitrogen and oxygen atoms in total. The number of aryl methyl sites for hydroxylation is 2. The van der Waals surface area contributed by atoms with Crippen LogP contribution in [-0.4, -0.2) is 29.7 Å². The van der Waals surface area contributed by atoms with Crippen molar-refractivity contribution < 1.29 is 13.2 Å². The molecule has 0 aliphatic heterocycles. The van der Waals surface area contributed by atoms with Crippen molar-refractivity contribution in [2.45, 2.75) is 18.7 Å². The molecule has 0 unspecified atom stereocenters. The van der Waals surface area contributed by atoms with Crippen LogP contribution in [0.1, 0.15) is 11.6 Å². The van der Waals surface area contributed by atoms with E-state index in [2.05, 4.69) is 10.1 Å². The third-order valence-electron chi connectivity index (χ3n) is 2.42. The first-order valence-corrected chi connectivity index (χ1v) is 6.69. The highest BCUT2D eigenvalue weighted by Crippen LogP contribution is 2.18. The first-order chi connectivity index (χ1) is 8.45. The molecule has 2 rings (SSSR count). The van der Waals surface area contributed by atoms with Gasteiger partial charge in [-0.3, -0.25) is 0 Å². The Bertz CT molecular complexity index is 659. The molecule has 0 saturated heterocycles. The minimum absolute atomic E-state index is 0.149. The fourth-order valence-corrected chi connectivity index (χ4v) is 2.87. The molecule has 0 aliphatic rings. The maximum atomic E-state index is 12.3. The van der Waals surface area contributed by atoms with Gasteiger partial charge in [0.15, 0.2) is 0 Å². The van der Waals surface area contributed by atoms with Crippen LogP contribution in [0.15, 0.2) is 29.2 Å². The summed E-state index contributed by atoms with van der Waals surface area (Å²) in [6, 6.07) is 6.13. The van der Waals surface area contributed by atoms with Gasteiger partial charge in [0.05, 0.1) is 12.0 Å². The molecule has 18 heavy (non-hydrogen) atoms. The van der Waals surface area contributed by atoms with E-state index >= 15 is 0 Å². The first-order valence-electron chi connectivity index (χ1n) is 5.25. The van der Waals surface area contributed by atoms with Gasteiger partial charge in [-0.05, 0) is 38.1 Å². The average molecular weight is 267 g/mol. The predicted octanol–water partition coefficient (Wildman–Crippen LogP) is 1.14. The van der Waals surface area contributed by atoms with Crippen LogP contribution in [0, 0.1) is 13.8 Å². The molecule has 1 aromatic heterocycles. The van der Waals surface area contributed by atoms with Crippen LogP contribution in [0.25, 0.3) is 0 Å². The van der Waals surface area contributed by atoms with Crippen molar-refractivity contribution in [2.75, 3.05) is 7.11 Å². The van der Waals surface area contributed by atoms with Gasteiger partial charge in [-0.25, -0.2) is 4.98 Å². The average Bonchev–Trinajstić information content (AvgIpc) is 2.69. The summed E-state index contributed by atoms with van der Waals surface area (Å²) >= 11 is 0. The molecule has 0 aliphatic carbocycles. The van der Waals surface area contributed by atoms with Crippen LogP contribution in [0.5, 0.6) is 5.75 Å². The number of nitrogens with zero attached hydrogens (tertiary/aromatic N) is 3. The number of ether oxygens (including phenoxy) is 1. The summed E-state index contributed by atoms with van der Waals surface area (Å²) in [7, 11) is -2.16. The minimum atomic E-state index is -3.69. The van der Waals surface area contributed by atoms with Crippen LogP contribution in [0.3, 0.4) is 0 Å². The molecular formula is C11H13N3O3S. The fourth-order valence-electron chi connectivity index (χ4n) is 1.58. The van der Waals surface area contributed by atoms with E-state index in [1.165, 1.54) is 19.2 Å². The zero-order valence-corrected chi connectivity index (χ0v) is 11.1. The van der Waals surface area contributed by atoms with E-state index in [4.69, 9.17) is 4.74 Å². The number of hydrogen-bond donors (Lipinski definition) is 0. The zero-order valence-electron chi connectivity index (χ0n) is 10.3. The highest BCUT2D eigenvalue weighted by molar-refractivity contribution is 7.89. The summed E-state index contributed by atoms with van der Waals surface area (Å²) in [5.41, 5.74) is 0. The van der Waals surface area contributed by atoms with E-state index in [0.29, 0.717) is 17.4 Å². The molecule has 1 aromatic carbocycles. The highest BCUT2D eigenvalue weighted by Gasteiger charge is 2.20. The lowest BCUT2D eigenvalue weighted by Gasteiger charge is -2.06. The second-order valence-corrected chi connectivity index (χ2v) is 5.50. The van der Waals surface area contributed by atoms with E-state index in [1.807, 2.05) is 0 Å². The van der Waals surface area contributed by atoms with Crippen molar-refractivity contribution >= 4 is 10.0 Å². The molecule has 7 heteroatoms. The Morgan fingerprint density at radius 2 is 1.78 bits per heavy atom. The van der Waals surface area contributed by atoms with E-state index in [-0.39, 0.29) is 4.90 Å². The fraction of sp³-hybridized carbons (Fsp3) is 0.273. The monoisotopic (exact) mass is 267 g/mol. The first kappa shape index (κ1) is 12.6. The van der Waals surface area contributed by atoms with Crippen molar-refractivity contribution in [1.82, 2.24) is 14.2 Å². The van der Waals surface area contributed by atoms with Gasteiger partial charge in [-0.15, -0.1) is 9.19 Å². The van der Waals surface area contributed by atoms with Gasteiger partial charge in [0.25, 0.3) is 10.0 Å². The normalized spacial score (nSPS) is 11.5. The van der Waals surface area contributed by atoms with Crippen LogP contribution >= 0.6 is 0 Å². The van der Waals surface area contributed by atoms with E-state index < -0.39 is 10.0 Å². The van der Waals surface area contributed by atoms with Crippen LogP contribution in [0.4, 0.5) is 0 Å². The third kappa shape index (κ3) is 2.08. The Morgan fingerprint density at radius 3 is 2.22 bits per heavy atom. The third-order valence-corrected chi connectivity index (χ3v) is 4.09. The molecule has 0 radical (unpaired) electrons. The van der Waals surface area contributed by atoms with Gasteiger partial charge in [0, 0.05) is 0 Å². The van der Waals surface area contributed by atoms with E-state index in [1.54, 1.807) is 26.0 Å². The molecule has 1 heterocycles. The molecule has 96 valence electrons. The van der Waals surface area contributed by atoms with Gasteiger partial charge in [-0.1, -0.05) is 0 Å². The molecule has 0 saturated carbocycles. The molecule has 2 aromatic rings. The predicted molar refractivity (Wildman–Crippen MR) is 65.1 cm³/mol. The van der Waals surface area contributed by atoms with Crippen molar-refractivity contribution in [3.63, 3.8) is 0 Å². The number of aromatic nitrogens is 3. The van der Waals surface area contributed by atoms with Crippen LogP contribution in [-0.2, 0) is 10.0 Å². The Kier molecular flexibility index (Phi) is 3.08. The SMILES string of the molecule is COc1ccc(S(=O)(=O)n2nc(C)nc2C)cc1. The second-order valence-electron chi connectivity index (χ2n) is 3.73. The molecule has 0 amide bonds. The topological polar surface area (TPSA) is 74.1 Å². The lowest BCUT2D eigenvalue weighted by Crippen LogP contribution is -2.16. The van der Waals surface area contributed by atoms with Crippen molar-refractivity contribution in [3.8, 4) is 5.75 Å². The van der Waals surface area contributed by atoms with E-state index in [0.717, 1.165) is 4.09 Å². The smallest absolute Gasteiger partial charge is 0.284 e. The summed E-state index contributed by atoms with van der Waals surface area (Å²) in [6.45, 7) is 3.24. The van der Waals surface area contributed by atoms with Gasteiger partial charge >= 0.3 is 0 Å². The summed E-state index contributed by atoms with van der Waals surface area (Å²) in [5.74, 6) is 1.35. The van der Waals surface area contributed by atoms with Gasteiger partial charge in [0.2, 0.25) is 0 Å². The maximum absolute atomic E-state index is 12.3. The summed E-state index contributed by atoms with van der Waals surface area (Å²) in [6.07, 6.45) is 0. The molecule has 0 spiro atoms. The Labute approximate surface area is 105 Å². The summed E-state index contributed by atoms with van der Waals surface area (Å²) in [5, 5.41) is 3.89. The molecule has 0 atom stereocenters. The van der Waals surface area contributed by atoms with Crippen LogP contribution in [0.2, 0.25) is 0 Å². The van der Waals surface area contributed by atoms with Gasteiger partial charge < -0.3 is 4.74 Å². The number of rotatable bonds is 3. The lowest BCUT2D eigenvalue weighted by atomic mass is 10.3. The maximum Gasteiger partial charge on any atom is 0.284 e. The number of benzene rings is 1. The van der Waals surface area contributed by atoms with Crippen molar-refractivity contribution in [3.05, 3.63) is 35.9 Å². The largest absolute Gasteiger partial charge is 0.497 e. The minimum Gasteiger partial charge on any atom is -0.497 e. The molecule has 0 fully saturated rings. The van der Waals surface area contributed by atoms with Gasteiger partial charge in [-0.2, -0.15) is 8.42 Å². The Morgan fingerprint density at radius 1 is 1.17 bits per heavy atom. The summed E-state index contributed by atoms with van der Waals surface area (Å²) in [4.78, 5) is 4.13. The van der Waals surface area contributed by atoms with Crippen LogP contribution < -0.4 is 4.74 Å². The molecule has 0 N–H and O–H groups in total. The number of hydrogen-bond acceptors (Lipinski definition) is 5. The second kappa shape index (κ2) is 4.41. The Hall–Kier alpha value is -1.89. The van der Waals surface area contributed by atoms with Crippen molar-refractivity contribution in [1.29, 1.82) is 0 Å². The quantitative estimate of drug-likeness (QED) is 0.833.